The molecule has 0 heterocycles. The summed E-state index contributed by atoms with van der Waals surface area (Å²) in [6.45, 7) is 4.80. The Kier molecular flexibility index (Phi) is 9.22. The molecule has 1 amide bonds. The Morgan fingerprint density at radius 2 is 1.78 bits per heavy atom. The van der Waals surface area contributed by atoms with Gasteiger partial charge in [0, 0.05) is 39.1 Å². The Morgan fingerprint density at radius 3 is 2.52 bits per heavy atom. The van der Waals surface area contributed by atoms with Gasteiger partial charge in [-0.2, -0.15) is 0 Å². The second-order valence-corrected chi connectivity index (χ2v) is 7.97. The number of amides is 1. The van der Waals surface area contributed by atoms with Gasteiger partial charge < -0.3 is 10.4 Å². The Bertz CT molecular complexity index is 796. The van der Waals surface area contributed by atoms with Crippen LogP contribution in [0.4, 0.5) is 0 Å². The SMILES string of the molecule is C=C(C(=O)NCCCCCCO)c1ccccc1Sc1ccc(Cl)cc1Cl. The molecule has 144 valence electrons. The summed E-state index contributed by atoms with van der Waals surface area (Å²) in [5, 5.41) is 12.8. The molecule has 0 unspecified atom stereocenters. The number of aliphatic hydroxyl groups excluding tert-OH is 1. The third-order valence-electron chi connectivity index (χ3n) is 3.97. The number of nitrogens with one attached hydrogen (secondary N) is 1. The highest BCUT2D eigenvalue weighted by Crippen LogP contribution is 2.38. The molecule has 2 aromatic carbocycles. The third-order valence-corrected chi connectivity index (χ3v) is 5.78. The van der Waals surface area contributed by atoms with Crippen LogP contribution in [0.2, 0.25) is 10.0 Å². The van der Waals surface area contributed by atoms with E-state index >= 15 is 0 Å². The lowest BCUT2D eigenvalue weighted by molar-refractivity contribution is -0.115. The number of unbranched alkanes of at least 4 members (excludes halogenated alkanes) is 3. The van der Waals surface area contributed by atoms with Gasteiger partial charge in [0.2, 0.25) is 0 Å². The third kappa shape index (κ3) is 6.89. The van der Waals surface area contributed by atoms with Crippen molar-refractivity contribution in [1.82, 2.24) is 5.32 Å². The second-order valence-electron chi connectivity index (χ2n) is 6.05. The first-order valence-electron chi connectivity index (χ1n) is 8.83. The average molecular weight is 424 g/mol. The molecule has 2 aromatic rings. The van der Waals surface area contributed by atoms with Crippen LogP contribution in [0.1, 0.15) is 31.2 Å². The van der Waals surface area contributed by atoms with Crippen molar-refractivity contribution in [1.29, 1.82) is 0 Å². The van der Waals surface area contributed by atoms with Gasteiger partial charge in [0.15, 0.2) is 0 Å². The molecule has 0 aromatic heterocycles. The zero-order valence-electron chi connectivity index (χ0n) is 15.0. The lowest BCUT2D eigenvalue weighted by atomic mass is 10.1. The van der Waals surface area contributed by atoms with Crippen molar-refractivity contribution in [3.05, 3.63) is 64.7 Å². The number of carbonyl (C=O) groups is 1. The Morgan fingerprint density at radius 1 is 1.04 bits per heavy atom. The van der Waals surface area contributed by atoms with Crippen LogP contribution in [-0.2, 0) is 4.79 Å². The van der Waals surface area contributed by atoms with Crippen LogP contribution >= 0.6 is 35.0 Å². The van der Waals surface area contributed by atoms with E-state index in [2.05, 4.69) is 11.9 Å². The number of benzene rings is 2. The van der Waals surface area contributed by atoms with E-state index in [-0.39, 0.29) is 12.5 Å². The Labute approximate surface area is 174 Å². The van der Waals surface area contributed by atoms with Crippen LogP contribution in [0.5, 0.6) is 0 Å². The summed E-state index contributed by atoms with van der Waals surface area (Å²) in [5.74, 6) is -0.174. The van der Waals surface area contributed by atoms with Crippen molar-refractivity contribution in [3.8, 4) is 0 Å². The summed E-state index contributed by atoms with van der Waals surface area (Å²) in [7, 11) is 0. The molecule has 27 heavy (non-hydrogen) atoms. The maximum absolute atomic E-state index is 12.4. The lowest BCUT2D eigenvalue weighted by Crippen LogP contribution is -2.25. The van der Waals surface area contributed by atoms with Crippen LogP contribution < -0.4 is 5.32 Å². The molecular weight excluding hydrogens is 401 g/mol. The first-order valence-corrected chi connectivity index (χ1v) is 10.4. The van der Waals surface area contributed by atoms with E-state index in [0.717, 1.165) is 41.0 Å². The van der Waals surface area contributed by atoms with E-state index in [1.165, 1.54) is 11.8 Å². The number of carbonyl (C=O) groups excluding carboxylic acids is 1. The molecule has 0 saturated heterocycles. The zero-order valence-corrected chi connectivity index (χ0v) is 17.3. The fourth-order valence-corrected chi connectivity index (χ4v) is 4.00. The summed E-state index contributed by atoms with van der Waals surface area (Å²) in [5.41, 5.74) is 1.21. The fraction of sp³-hybridized carbons (Fsp3) is 0.286. The van der Waals surface area contributed by atoms with E-state index in [1.54, 1.807) is 12.1 Å². The van der Waals surface area contributed by atoms with Crippen molar-refractivity contribution >= 4 is 46.4 Å². The topological polar surface area (TPSA) is 49.3 Å². The minimum absolute atomic E-state index is 0.174. The van der Waals surface area contributed by atoms with E-state index in [9.17, 15) is 4.79 Å². The van der Waals surface area contributed by atoms with Gasteiger partial charge in [-0.05, 0) is 37.1 Å². The highest BCUT2D eigenvalue weighted by atomic mass is 35.5. The normalized spacial score (nSPS) is 10.6. The minimum atomic E-state index is -0.174. The summed E-state index contributed by atoms with van der Waals surface area (Å²) in [6.07, 6.45) is 3.64. The zero-order chi connectivity index (χ0) is 19.6. The molecule has 0 bridgehead atoms. The maximum atomic E-state index is 12.4. The molecule has 0 saturated carbocycles. The van der Waals surface area contributed by atoms with Crippen molar-refractivity contribution in [2.75, 3.05) is 13.2 Å². The van der Waals surface area contributed by atoms with Gasteiger partial charge in [-0.1, -0.05) is 72.6 Å². The molecular formula is C21H23Cl2NO2S. The maximum Gasteiger partial charge on any atom is 0.251 e. The Hall–Kier alpha value is -1.46. The molecule has 0 radical (unpaired) electrons. The van der Waals surface area contributed by atoms with Crippen LogP contribution in [0.15, 0.2) is 58.8 Å². The smallest absolute Gasteiger partial charge is 0.251 e. The average Bonchev–Trinajstić information content (AvgIpc) is 2.66. The van der Waals surface area contributed by atoms with Crippen LogP contribution in [-0.4, -0.2) is 24.2 Å². The van der Waals surface area contributed by atoms with E-state index in [1.807, 2.05) is 30.3 Å². The van der Waals surface area contributed by atoms with Gasteiger partial charge in [-0.3, -0.25) is 4.79 Å². The monoisotopic (exact) mass is 423 g/mol. The highest BCUT2D eigenvalue weighted by molar-refractivity contribution is 7.99. The molecule has 6 heteroatoms. The molecule has 2 N–H and O–H groups in total. The highest BCUT2D eigenvalue weighted by Gasteiger charge is 2.14. The van der Waals surface area contributed by atoms with Gasteiger partial charge in [0.1, 0.15) is 0 Å². The van der Waals surface area contributed by atoms with Gasteiger partial charge in [-0.25, -0.2) is 0 Å². The fourth-order valence-electron chi connectivity index (χ4n) is 2.50. The van der Waals surface area contributed by atoms with E-state index in [4.69, 9.17) is 28.3 Å². The quantitative estimate of drug-likeness (QED) is 0.373. The van der Waals surface area contributed by atoms with Crippen molar-refractivity contribution in [2.45, 2.75) is 35.5 Å². The number of rotatable bonds is 10. The van der Waals surface area contributed by atoms with Crippen molar-refractivity contribution < 1.29 is 9.90 Å². The first kappa shape index (κ1) is 21.8. The number of hydrogen-bond acceptors (Lipinski definition) is 3. The molecule has 2 rings (SSSR count). The number of hydrogen-bond donors (Lipinski definition) is 2. The molecule has 3 nitrogen and oxygen atoms in total. The predicted octanol–water partition coefficient (Wildman–Crippen LogP) is 5.83. The van der Waals surface area contributed by atoms with Crippen LogP contribution in [0.3, 0.4) is 0 Å². The molecule has 0 atom stereocenters. The molecule has 0 fully saturated rings. The van der Waals surface area contributed by atoms with E-state index in [0.29, 0.717) is 22.2 Å². The summed E-state index contributed by atoms with van der Waals surface area (Å²) >= 11 is 13.7. The molecule has 0 aliphatic carbocycles. The van der Waals surface area contributed by atoms with Crippen molar-refractivity contribution in [3.63, 3.8) is 0 Å². The van der Waals surface area contributed by atoms with Crippen molar-refractivity contribution in [2.24, 2.45) is 0 Å². The Balaban J connectivity index is 2.01. The summed E-state index contributed by atoms with van der Waals surface area (Å²) in [6, 6.07) is 13.0. The number of halogens is 2. The largest absolute Gasteiger partial charge is 0.396 e. The van der Waals surface area contributed by atoms with Gasteiger partial charge in [0.25, 0.3) is 5.91 Å². The molecule has 0 aliphatic rings. The van der Waals surface area contributed by atoms with Gasteiger partial charge >= 0.3 is 0 Å². The molecule has 0 spiro atoms. The predicted molar refractivity (Wildman–Crippen MR) is 115 cm³/mol. The van der Waals surface area contributed by atoms with Crippen LogP contribution in [0, 0.1) is 0 Å². The first-order chi connectivity index (χ1) is 13.0. The van der Waals surface area contributed by atoms with E-state index < -0.39 is 0 Å². The minimum Gasteiger partial charge on any atom is -0.396 e. The summed E-state index contributed by atoms with van der Waals surface area (Å²) in [4.78, 5) is 14.2. The standard InChI is InChI=1S/C21H23Cl2NO2S/c1-15(21(26)24-12-6-2-3-7-13-25)17-8-4-5-9-19(17)27-20-11-10-16(22)14-18(20)23/h4-5,8-11,14,25H,1-3,6-7,12-13H2,(H,24,26). The van der Waals surface area contributed by atoms with Crippen LogP contribution in [0.25, 0.3) is 5.57 Å². The molecule has 0 aliphatic heterocycles. The second kappa shape index (κ2) is 11.4. The lowest BCUT2D eigenvalue weighted by Gasteiger charge is -2.13. The van der Waals surface area contributed by atoms with Gasteiger partial charge in [-0.15, -0.1) is 0 Å². The summed E-state index contributed by atoms with van der Waals surface area (Å²) < 4.78 is 0. The number of aliphatic hydroxyl groups is 1. The van der Waals surface area contributed by atoms with Gasteiger partial charge in [0.05, 0.1) is 5.02 Å².